The van der Waals surface area contributed by atoms with Crippen LogP contribution in [0.2, 0.25) is 0 Å². The summed E-state index contributed by atoms with van der Waals surface area (Å²) in [6.07, 6.45) is 3.63. The van der Waals surface area contributed by atoms with Crippen molar-refractivity contribution in [2.45, 2.75) is 40.0 Å². The normalized spacial score (nSPS) is 14.3. The van der Waals surface area contributed by atoms with E-state index in [1.54, 1.807) is 6.20 Å². The van der Waals surface area contributed by atoms with Gasteiger partial charge in [-0.1, -0.05) is 55.8 Å². The third kappa shape index (κ3) is 7.28. The van der Waals surface area contributed by atoms with Crippen molar-refractivity contribution in [1.29, 1.82) is 0 Å². The summed E-state index contributed by atoms with van der Waals surface area (Å²) < 4.78 is 5.91. The van der Waals surface area contributed by atoms with Gasteiger partial charge in [0.25, 0.3) is 0 Å². The molecule has 1 aliphatic heterocycles. The van der Waals surface area contributed by atoms with Crippen molar-refractivity contribution < 1.29 is 14.0 Å². The molecule has 2 aromatic carbocycles. The lowest BCUT2D eigenvalue weighted by molar-refractivity contribution is -0.133. The largest absolute Gasteiger partial charge is 0.441 e. The molecule has 1 aromatic heterocycles. The molecule has 0 aliphatic carbocycles. The Bertz CT molecular complexity index is 1140. The molecule has 190 valence electrons. The molecule has 0 spiro atoms. The van der Waals surface area contributed by atoms with Crippen molar-refractivity contribution in [3.05, 3.63) is 71.7 Å². The summed E-state index contributed by atoms with van der Waals surface area (Å²) in [5.41, 5.74) is 4.27. The van der Waals surface area contributed by atoms with Gasteiger partial charge in [-0.15, -0.1) is 0 Å². The number of nitrogens with one attached hydrogen (secondary N) is 1. The van der Waals surface area contributed by atoms with E-state index in [4.69, 9.17) is 4.42 Å². The number of anilines is 1. The first-order chi connectivity index (χ1) is 17.4. The molecule has 0 saturated carbocycles. The average Bonchev–Trinajstić information content (AvgIpc) is 3.33. The Morgan fingerprint density at radius 3 is 2.36 bits per heavy atom. The van der Waals surface area contributed by atoms with Crippen LogP contribution in [0.1, 0.15) is 37.3 Å². The Morgan fingerprint density at radius 1 is 1.00 bits per heavy atom. The highest BCUT2D eigenvalue weighted by Crippen LogP contribution is 2.22. The number of amides is 2. The predicted octanol–water partition coefficient (Wildman–Crippen LogP) is 4.56. The number of rotatable bonds is 9. The Balaban J connectivity index is 1.19. The number of hydrogen-bond donors (Lipinski definition) is 1. The lowest BCUT2D eigenvalue weighted by Crippen LogP contribution is -2.50. The average molecular weight is 489 g/mol. The second-order valence-corrected chi connectivity index (χ2v) is 9.98. The molecule has 3 aromatic rings. The maximum Gasteiger partial charge on any atom is 0.238 e. The van der Waals surface area contributed by atoms with E-state index in [1.807, 2.05) is 36.1 Å². The minimum absolute atomic E-state index is 0.0344. The summed E-state index contributed by atoms with van der Waals surface area (Å²) in [6, 6.07) is 16.2. The number of piperazine rings is 1. The van der Waals surface area contributed by atoms with Crippen molar-refractivity contribution >= 4 is 17.5 Å². The van der Waals surface area contributed by atoms with E-state index in [9.17, 15) is 9.59 Å². The molecule has 0 unspecified atom stereocenters. The maximum atomic E-state index is 12.7. The minimum atomic E-state index is -0.0344. The molecule has 4 rings (SSSR count). The molecule has 7 heteroatoms. The van der Waals surface area contributed by atoms with E-state index in [0.717, 1.165) is 29.0 Å². The fraction of sp³-hybridized carbons (Fsp3) is 0.414. The van der Waals surface area contributed by atoms with Gasteiger partial charge in [0.1, 0.15) is 0 Å². The molecule has 36 heavy (non-hydrogen) atoms. The van der Waals surface area contributed by atoms with Gasteiger partial charge in [0.05, 0.1) is 12.7 Å². The topological polar surface area (TPSA) is 78.7 Å². The first kappa shape index (κ1) is 25.6. The molecule has 0 radical (unpaired) electrons. The molecule has 1 fully saturated rings. The van der Waals surface area contributed by atoms with Crippen LogP contribution in [0.5, 0.6) is 0 Å². The number of nitrogens with zero attached hydrogens (tertiary/aromatic N) is 3. The van der Waals surface area contributed by atoms with Crippen LogP contribution in [0, 0.1) is 12.8 Å². The number of carbonyl (C=O) groups excluding carboxylic acids is 2. The van der Waals surface area contributed by atoms with E-state index < -0.39 is 0 Å². The van der Waals surface area contributed by atoms with Crippen LogP contribution in [-0.4, -0.2) is 59.3 Å². The highest BCUT2D eigenvalue weighted by atomic mass is 16.4. The Hall–Kier alpha value is -3.45. The molecule has 2 heterocycles. The SMILES string of the molecule is Cc1ccc(NC(=O)CN2CCN(C(=O)CCc3ncc(-c4ccc(CC(C)C)cc4)o3)CC2)cc1. The van der Waals surface area contributed by atoms with Gasteiger partial charge in [0, 0.05) is 50.3 Å². The van der Waals surface area contributed by atoms with Crippen molar-refractivity contribution in [2.24, 2.45) is 5.92 Å². The van der Waals surface area contributed by atoms with Crippen LogP contribution in [0.3, 0.4) is 0 Å². The third-order valence-electron chi connectivity index (χ3n) is 6.42. The highest BCUT2D eigenvalue weighted by Gasteiger charge is 2.23. The molecule has 7 nitrogen and oxygen atoms in total. The standard InChI is InChI=1S/C29H36N4O3/c1-21(2)18-23-6-8-24(9-7-23)26-19-30-28(36-26)12-13-29(35)33-16-14-32(15-17-33)20-27(34)31-25-10-4-22(3)5-11-25/h4-11,19,21H,12-18,20H2,1-3H3,(H,31,34). The number of benzene rings is 2. The van der Waals surface area contributed by atoms with E-state index in [2.05, 4.69) is 53.3 Å². The second-order valence-electron chi connectivity index (χ2n) is 9.98. The van der Waals surface area contributed by atoms with Gasteiger partial charge in [-0.3, -0.25) is 14.5 Å². The first-order valence-electron chi connectivity index (χ1n) is 12.8. The van der Waals surface area contributed by atoms with Crippen molar-refractivity contribution in [3.8, 4) is 11.3 Å². The van der Waals surface area contributed by atoms with Gasteiger partial charge in [-0.25, -0.2) is 4.98 Å². The van der Waals surface area contributed by atoms with E-state index in [1.165, 1.54) is 5.56 Å². The molecule has 1 N–H and O–H groups in total. The number of carbonyl (C=O) groups is 2. The van der Waals surface area contributed by atoms with Crippen LogP contribution >= 0.6 is 0 Å². The number of aryl methyl sites for hydroxylation is 2. The van der Waals surface area contributed by atoms with Gasteiger partial charge >= 0.3 is 0 Å². The molecule has 0 atom stereocenters. The molecule has 1 saturated heterocycles. The van der Waals surface area contributed by atoms with Gasteiger partial charge < -0.3 is 14.6 Å². The number of hydrogen-bond acceptors (Lipinski definition) is 5. The minimum Gasteiger partial charge on any atom is -0.441 e. The molecular weight excluding hydrogens is 452 g/mol. The smallest absolute Gasteiger partial charge is 0.238 e. The fourth-order valence-electron chi connectivity index (χ4n) is 4.40. The zero-order chi connectivity index (χ0) is 25.5. The monoisotopic (exact) mass is 488 g/mol. The summed E-state index contributed by atoms with van der Waals surface area (Å²) in [5, 5.41) is 2.93. The fourth-order valence-corrected chi connectivity index (χ4v) is 4.40. The van der Waals surface area contributed by atoms with Crippen LogP contribution < -0.4 is 5.32 Å². The zero-order valence-electron chi connectivity index (χ0n) is 21.5. The third-order valence-corrected chi connectivity index (χ3v) is 6.42. The van der Waals surface area contributed by atoms with Gasteiger partial charge in [-0.2, -0.15) is 0 Å². The zero-order valence-corrected chi connectivity index (χ0v) is 21.5. The van der Waals surface area contributed by atoms with Crippen LogP contribution in [0.25, 0.3) is 11.3 Å². The van der Waals surface area contributed by atoms with Crippen LogP contribution in [0.4, 0.5) is 5.69 Å². The summed E-state index contributed by atoms with van der Waals surface area (Å²) >= 11 is 0. The van der Waals surface area contributed by atoms with Crippen LogP contribution in [0.15, 0.2) is 59.1 Å². The van der Waals surface area contributed by atoms with Crippen molar-refractivity contribution in [2.75, 3.05) is 38.0 Å². The van der Waals surface area contributed by atoms with Gasteiger partial charge in [0.2, 0.25) is 11.8 Å². The van der Waals surface area contributed by atoms with Crippen molar-refractivity contribution in [1.82, 2.24) is 14.8 Å². The lowest BCUT2D eigenvalue weighted by atomic mass is 10.0. The molecule has 0 bridgehead atoms. The number of oxazole rings is 1. The van der Waals surface area contributed by atoms with Gasteiger partial charge in [0.15, 0.2) is 11.7 Å². The summed E-state index contributed by atoms with van der Waals surface area (Å²) in [7, 11) is 0. The second kappa shape index (κ2) is 12.0. The predicted molar refractivity (Wildman–Crippen MR) is 142 cm³/mol. The van der Waals surface area contributed by atoms with Crippen molar-refractivity contribution in [3.63, 3.8) is 0 Å². The molecule has 2 amide bonds. The molecular formula is C29H36N4O3. The van der Waals surface area contributed by atoms with E-state index in [-0.39, 0.29) is 11.8 Å². The van der Waals surface area contributed by atoms with Gasteiger partial charge in [-0.05, 0) is 37.0 Å². The highest BCUT2D eigenvalue weighted by molar-refractivity contribution is 5.92. The molecule has 1 aliphatic rings. The van der Waals surface area contributed by atoms with Crippen LogP contribution in [-0.2, 0) is 22.4 Å². The first-order valence-corrected chi connectivity index (χ1v) is 12.8. The quantitative estimate of drug-likeness (QED) is 0.478. The Labute approximate surface area is 213 Å². The summed E-state index contributed by atoms with van der Waals surface area (Å²) in [4.78, 5) is 33.4. The maximum absolute atomic E-state index is 12.7. The van der Waals surface area contributed by atoms with E-state index in [0.29, 0.717) is 57.4 Å². The van der Waals surface area contributed by atoms with E-state index >= 15 is 0 Å². The Morgan fingerprint density at radius 2 is 1.69 bits per heavy atom. The summed E-state index contributed by atoms with van der Waals surface area (Å²) in [6.45, 7) is 9.38. The lowest BCUT2D eigenvalue weighted by Gasteiger charge is -2.34. The number of aromatic nitrogens is 1. The Kier molecular flexibility index (Phi) is 8.54. The summed E-state index contributed by atoms with van der Waals surface area (Å²) in [5.74, 6) is 1.99.